The summed E-state index contributed by atoms with van der Waals surface area (Å²) in [6.45, 7) is 0. The summed E-state index contributed by atoms with van der Waals surface area (Å²) in [5, 5.41) is 11.0. The van der Waals surface area contributed by atoms with E-state index in [1.807, 2.05) is 18.2 Å². The van der Waals surface area contributed by atoms with Crippen molar-refractivity contribution in [2.45, 2.75) is 0 Å². The molecule has 0 aliphatic rings. The van der Waals surface area contributed by atoms with Crippen molar-refractivity contribution in [3.8, 4) is 11.3 Å². The molecular formula is C11H7ClN2O2. The molecule has 80 valence electrons. The molecule has 0 aliphatic carbocycles. The van der Waals surface area contributed by atoms with Gasteiger partial charge in [-0.05, 0) is 16.0 Å². The van der Waals surface area contributed by atoms with Gasteiger partial charge in [0.1, 0.15) is 0 Å². The van der Waals surface area contributed by atoms with E-state index < -0.39 is 4.92 Å². The van der Waals surface area contributed by atoms with Gasteiger partial charge in [-0.1, -0.05) is 41.9 Å². The van der Waals surface area contributed by atoms with Crippen molar-refractivity contribution in [2.75, 3.05) is 0 Å². The molecule has 0 fully saturated rings. The van der Waals surface area contributed by atoms with E-state index in [0.29, 0.717) is 10.7 Å². The first-order chi connectivity index (χ1) is 7.68. The molecule has 0 unspecified atom stereocenters. The third kappa shape index (κ3) is 2.01. The summed E-state index contributed by atoms with van der Waals surface area (Å²) in [7, 11) is 0. The molecule has 2 rings (SSSR count). The van der Waals surface area contributed by atoms with Crippen molar-refractivity contribution in [3.05, 3.63) is 57.6 Å². The van der Waals surface area contributed by atoms with E-state index in [0.717, 1.165) is 5.56 Å². The molecule has 0 N–H and O–H groups in total. The molecule has 16 heavy (non-hydrogen) atoms. The molecule has 5 heteroatoms. The molecule has 0 radical (unpaired) electrons. The topological polar surface area (TPSA) is 56.0 Å². The first-order valence-corrected chi connectivity index (χ1v) is 4.92. The molecule has 0 saturated heterocycles. The number of nitrogens with zero attached hydrogens (tertiary/aromatic N) is 2. The molecule has 1 heterocycles. The van der Waals surface area contributed by atoms with Gasteiger partial charge in [-0.3, -0.25) is 0 Å². The highest BCUT2D eigenvalue weighted by Gasteiger charge is 2.15. The lowest BCUT2D eigenvalue weighted by atomic mass is 10.1. The van der Waals surface area contributed by atoms with Crippen molar-refractivity contribution in [3.63, 3.8) is 0 Å². The third-order valence-corrected chi connectivity index (χ3v) is 2.37. The lowest BCUT2D eigenvalue weighted by molar-refractivity contribution is -0.389. The van der Waals surface area contributed by atoms with Gasteiger partial charge >= 0.3 is 5.82 Å². The predicted molar refractivity (Wildman–Crippen MR) is 61.3 cm³/mol. The SMILES string of the molecule is O=[N+]([O-])c1ccc(Cl)c(-c2ccccc2)n1. The van der Waals surface area contributed by atoms with Crippen molar-refractivity contribution in [1.29, 1.82) is 0 Å². The van der Waals surface area contributed by atoms with E-state index in [4.69, 9.17) is 11.6 Å². The average molecular weight is 235 g/mol. The molecule has 0 amide bonds. The van der Waals surface area contributed by atoms with Crippen LogP contribution in [0.25, 0.3) is 11.3 Å². The highest BCUT2D eigenvalue weighted by atomic mass is 35.5. The largest absolute Gasteiger partial charge is 0.364 e. The molecule has 2 aromatic rings. The number of pyridine rings is 1. The molecule has 0 saturated carbocycles. The Balaban J connectivity index is 2.56. The van der Waals surface area contributed by atoms with Gasteiger partial charge in [0.05, 0.1) is 5.02 Å². The molecule has 4 nitrogen and oxygen atoms in total. The average Bonchev–Trinajstić information content (AvgIpc) is 2.30. The Kier molecular flexibility index (Phi) is 2.83. The monoisotopic (exact) mass is 234 g/mol. The Bertz CT molecular complexity index is 529. The van der Waals surface area contributed by atoms with E-state index in [-0.39, 0.29) is 5.82 Å². The highest BCUT2D eigenvalue weighted by Crippen LogP contribution is 2.27. The summed E-state index contributed by atoms with van der Waals surface area (Å²) >= 11 is 5.95. The van der Waals surface area contributed by atoms with E-state index in [9.17, 15) is 10.1 Å². The molecule has 0 spiro atoms. The van der Waals surface area contributed by atoms with Crippen molar-refractivity contribution in [1.82, 2.24) is 4.98 Å². The second-order valence-corrected chi connectivity index (χ2v) is 3.53. The number of nitro groups is 1. The highest BCUT2D eigenvalue weighted by molar-refractivity contribution is 6.33. The van der Waals surface area contributed by atoms with Crippen LogP contribution in [0, 0.1) is 10.1 Å². The van der Waals surface area contributed by atoms with E-state index in [2.05, 4.69) is 4.98 Å². The predicted octanol–water partition coefficient (Wildman–Crippen LogP) is 3.31. The fraction of sp³-hybridized carbons (Fsp3) is 0. The van der Waals surface area contributed by atoms with Gasteiger partial charge in [-0.15, -0.1) is 0 Å². The zero-order valence-corrected chi connectivity index (χ0v) is 8.89. The molecule has 1 aromatic heterocycles. The Morgan fingerprint density at radius 1 is 1.12 bits per heavy atom. The summed E-state index contributed by atoms with van der Waals surface area (Å²) in [4.78, 5) is 14.0. The van der Waals surface area contributed by atoms with Crippen LogP contribution in [0.5, 0.6) is 0 Å². The minimum Gasteiger partial charge on any atom is -0.358 e. The number of hydrogen-bond donors (Lipinski definition) is 0. The number of rotatable bonds is 2. The zero-order valence-electron chi connectivity index (χ0n) is 8.13. The van der Waals surface area contributed by atoms with Crippen LogP contribution in [-0.2, 0) is 0 Å². The summed E-state index contributed by atoms with van der Waals surface area (Å²) in [5.41, 5.74) is 1.19. The lowest BCUT2D eigenvalue weighted by Gasteiger charge is -1.99. The Labute approximate surface area is 96.7 Å². The normalized spacial score (nSPS) is 10.1. The second-order valence-electron chi connectivity index (χ2n) is 3.12. The zero-order chi connectivity index (χ0) is 11.5. The quantitative estimate of drug-likeness (QED) is 0.592. The Morgan fingerprint density at radius 2 is 1.81 bits per heavy atom. The standard InChI is InChI=1S/C11H7ClN2O2/c12-9-6-7-10(14(15)16)13-11(9)8-4-2-1-3-5-8/h1-7H. The minimum atomic E-state index is -0.539. The fourth-order valence-corrected chi connectivity index (χ4v) is 1.55. The summed E-state index contributed by atoms with van der Waals surface area (Å²) in [5.74, 6) is -0.205. The molecule has 0 bridgehead atoms. The summed E-state index contributed by atoms with van der Waals surface area (Å²) in [6, 6.07) is 11.9. The smallest absolute Gasteiger partial charge is 0.358 e. The Morgan fingerprint density at radius 3 is 2.44 bits per heavy atom. The van der Waals surface area contributed by atoms with Crippen LogP contribution in [0.3, 0.4) is 0 Å². The van der Waals surface area contributed by atoms with Gasteiger partial charge in [-0.25, -0.2) is 0 Å². The Hall–Kier alpha value is -1.94. The third-order valence-electron chi connectivity index (χ3n) is 2.07. The van der Waals surface area contributed by atoms with Crippen LogP contribution in [0.1, 0.15) is 0 Å². The van der Waals surface area contributed by atoms with Crippen LogP contribution in [0.15, 0.2) is 42.5 Å². The molecule has 1 aromatic carbocycles. The van der Waals surface area contributed by atoms with Crippen LogP contribution in [-0.4, -0.2) is 9.91 Å². The van der Waals surface area contributed by atoms with Crippen molar-refractivity contribution < 1.29 is 4.92 Å². The van der Waals surface area contributed by atoms with Crippen molar-refractivity contribution >= 4 is 17.4 Å². The van der Waals surface area contributed by atoms with E-state index in [1.165, 1.54) is 12.1 Å². The van der Waals surface area contributed by atoms with Gasteiger partial charge in [0.2, 0.25) is 5.69 Å². The molecular weight excluding hydrogens is 228 g/mol. The van der Waals surface area contributed by atoms with Gasteiger partial charge in [0, 0.05) is 11.6 Å². The molecule has 0 aliphatic heterocycles. The van der Waals surface area contributed by atoms with E-state index in [1.54, 1.807) is 12.1 Å². The summed E-state index contributed by atoms with van der Waals surface area (Å²) < 4.78 is 0. The lowest BCUT2D eigenvalue weighted by Crippen LogP contribution is -1.94. The second kappa shape index (κ2) is 4.28. The number of halogens is 1. The maximum absolute atomic E-state index is 10.6. The maximum Gasteiger partial charge on any atom is 0.364 e. The number of benzene rings is 1. The first-order valence-electron chi connectivity index (χ1n) is 4.55. The summed E-state index contributed by atoms with van der Waals surface area (Å²) in [6.07, 6.45) is 0. The molecule has 0 atom stereocenters. The van der Waals surface area contributed by atoms with E-state index >= 15 is 0 Å². The van der Waals surface area contributed by atoms with Gasteiger partial charge in [0.25, 0.3) is 0 Å². The van der Waals surface area contributed by atoms with Crippen LogP contribution < -0.4 is 0 Å². The minimum absolute atomic E-state index is 0.205. The van der Waals surface area contributed by atoms with Crippen LogP contribution in [0.4, 0.5) is 5.82 Å². The van der Waals surface area contributed by atoms with Gasteiger partial charge < -0.3 is 10.1 Å². The van der Waals surface area contributed by atoms with Gasteiger partial charge in [-0.2, -0.15) is 0 Å². The maximum atomic E-state index is 10.6. The van der Waals surface area contributed by atoms with Gasteiger partial charge in [0.15, 0.2) is 0 Å². The van der Waals surface area contributed by atoms with Crippen molar-refractivity contribution in [2.24, 2.45) is 0 Å². The number of aromatic nitrogens is 1. The van der Waals surface area contributed by atoms with Crippen LogP contribution >= 0.6 is 11.6 Å². The fourth-order valence-electron chi connectivity index (χ4n) is 1.33. The van der Waals surface area contributed by atoms with Crippen LogP contribution in [0.2, 0.25) is 5.02 Å². The number of hydrogen-bond acceptors (Lipinski definition) is 3. The first kappa shape index (κ1) is 10.6.